The minimum Gasteiger partial charge on any atom is -0.387 e. The zero-order valence-electron chi connectivity index (χ0n) is 19.3. The van der Waals surface area contributed by atoms with Gasteiger partial charge in [0.15, 0.2) is 0 Å². The first-order valence-corrected chi connectivity index (χ1v) is 10.6. The van der Waals surface area contributed by atoms with Crippen molar-refractivity contribution in [3.05, 3.63) is 42.4 Å². The van der Waals surface area contributed by atoms with Gasteiger partial charge < -0.3 is 21.1 Å². The normalized spacial score (nSPS) is 12.6. The molecule has 1 atom stereocenters. The third kappa shape index (κ3) is 5.83. The number of anilines is 2. The van der Waals surface area contributed by atoms with E-state index in [4.69, 9.17) is 0 Å². The molecule has 176 valence electrons. The summed E-state index contributed by atoms with van der Waals surface area (Å²) in [6.45, 7) is 7.67. The average molecular weight is 457 g/mol. The van der Waals surface area contributed by atoms with Gasteiger partial charge in [-0.3, -0.25) is 14.2 Å². The number of amides is 2. The molecule has 0 aliphatic rings. The van der Waals surface area contributed by atoms with Crippen LogP contribution in [0.4, 0.5) is 15.8 Å². The van der Waals surface area contributed by atoms with Crippen LogP contribution >= 0.6 is 0 Å². The number of aromatic nitrogens is 3. The van der Waals surface area contributed by atoms with Crippen LogP contribution in [0.5, 0.6) is 0 Å². The van der Waals surface area contributed by atoms with Crippen LogP contribution in [0.15, 0.2) is 36.8 Å². The molecule has 0 aromatic carbocycles. The molecule has 0 radical (unpaired) electrons. The molecule has 0 fully saturated rings. The number of hydrogen-bond acceptors (Lipinski definition) is 6. The van der Waals surface area contributed by atoms with E-state index < -0.39 is 17.7 Å². The lowest BCUT2D eigenvalue weighted by Gasteiger charge is -2.23. The highest BCUT2D eigenvalue weighted by molar-refractivity contribution is 5.99. The summed E-state index contributed by atoms with van der Waals surface area (Å²) in [5.74, 6) is -0.152. The van der Waals surface area contributed by atoms with E-state index in [-0.39, 0.29) is 24.1 Å². The quantitative estimate of drug-likeness (QED) is 0.413. The highest BCUT2D eigenvalue weighted by Gasteiger charge is 2.27. The molecule has 3 aromatic rings. The molecule has 0 saturated carbocycles. The first kappa shape index (κ1) is 24.1. The molecule has 2 amide bonds. The molecule has 0 bridgehead atoms. The maximum Gasteiger partial charge on any atom is 0.255 e. The van der Waals surface area contributed by atoms with Crippen molar-refractivity contribution < 1.29 is 19.1 Å². The summed E-state index contributed by atoms with van der Waals surface area (Å²) in [5, 5.41) is 19.0. The number of carbonyl (C=O) groups excluding carboxylic acids is 2. The Balaban J connectivity index is 1.92. The second-order valence-electron chi connectivity index (χ2n) is 8.72. The standard InChI is InChI=1S/C23H29FN6O3/c1-13(2)28-18-9-20(25-11-17(18)22(32)27-12-19(24)23(4,5)33)30-7-6-15-8-16(29-14(3)31)10-26-21(15)30/h6-11,13,19,33H,12H2,1-5H3,(H,25,28)(H,27,32)(H,29,31)/t19-/m1/s1. The zero-order valence-corrected chi connectivity index (χ0v) is 19.3. The fourth-order valence-electron chi connectivity index (χ4n) is 3.20. The van der Waals surface area contributed by atoms with Gasteiger partial charge in [0.2, 0.25) is 5.91 Å². The Kier molecular flexibility index (Phi) is 6.97. The van der Waals surface area contributed by atoms with Gasteiger partial charge >= 0.3 is 0 Å². The molecule has 3 heterocycles. The summed E-state index contributed by atoms with van der Waals surface area (Å²) in [7, 11) is 0. The van der Waals surface area contributed by atoms with Crippen molar-refractivity contribution in [3.8, 4) is 5.82 Å². The number of nitrogens with zero attached hydrogens (tertiary/aromatic N) is 3. The van der Waals surface area contributed by atoms with Gasteiger partial charge in [-0.2, -0.15) is 0 Å². The second-order valence-corrected chi connectivity index (χ2v) is 8.72. The van der Waals surface area contributed by atoms with Crippen molar-refractivity contribution in [2.24, 2.45) is 0 Å². The van der Waals surface area contributed by atoms with Crippen LogP contribution < -0.4 is 16.0 Å². The van der Waals surface area contributed by atoms with Crippen molar-refractivity contribution in [2.75, 3.05) is 17.2 Å². The van der Waals surface area contributed by atoms with Crippen molar-refractivity contribution >= 4 is 34.2 Å². The Bertz CT molecular complexity index is 1170. The molecule has 3 aromatic heterocycles. The van der Waals surface area contributed by atoms with E-state index in [1.807, 2.05) is 26.0 Å². The monoisotopic (exact) mass is 456 g/mol. The smallest absolute Gasteiger partial charge is 0.255 e. The number of nitrogens with one attached hydrogen (secondary N) is 3. The fraction of sp³-hybridized carbons (Fsp3) is 0.391. The van der Waals surface area contributed by atoms with Gasteiger partial charge in [0.1, 0.15) is 17.6 Å². The van der Waals surface area contributed by atoms with Crippen molar-refractivity contribution in [1.29, 1.82) is 0 Å². The minimum absolute atomic E-state index is 0.0249. The van der Waals surface area contributed by atoms with Crippen LogP contribution in [0.25, 0.3) is 16.9 Å². The van der Waals surface area contributed by atoms with Gasteiger partial charge in [-0.1, -0.05) is 0 Å². The number of halogens is 1. The van der Waals surface area contributed by atoms with Crippen LogP contribution in [0.2, 0.25) is 0 Å². The minimum atomic E-state index is -1.62. The third-order valence-electron chi connectivity index (χ3n) is 4.88. The fourth-order valence-corrected chi connectivity index (χ4v) is 3.20. The number of rotatable bonds is 8. The van der Waals surface area contributed by atoms with E-state index >= 15 is 0 Å². The van der Waals surface area contributed by atoms with Gasteiger partial charge in [0.25, 0.3) is 5.91 Å². The van der Waals surface area contributed by atoms with Crippen LogP contribution in [0.1, 0.15) is 45.0 Å². The Hall–Kier alpha value is -3.53. The first-order valence-electron chi connectivity index (χ1n) is 10.6. The maximum atomic E-state index is 14.1. The Morgan fingerprint density at radius 3 is 2.58 bits per heavy atom. The van der Waals surface area contributed by atoms with Crippen LogP contribution in [0, 0.1) is 0 Å². The van der Waals surface area contributed by atoms with E-state index in [0.717, 1.165) is 5.39 Å². The summed E-state index contributed by atoms with van der Waals surface area (Å²) in [6, 6.07) is 5.41. The number of carbonyl (C=O) groups is 2. The molecular weight excluding hydrogens is 427 g/mol. The predicted octanol–water partition coefficient (Wildman–Crippen LogP) is 3.04. The molecule has 0 aliphatic carbocycles. The SMILES string of the molecule is CC(=O)Nc1cnc2c(ccn2-c2cc(NC(C)C)c(C(=O)NC[C@@H](F)C(C)(C)O)cn2)c1. The molecule has 0 spiro atoms. The molecule has 9 nitrogen and oxygen atoms in total. The summed E-state index contributed by atoms with van der Waals surface area (Å²) >= 11 is 0. The van der Waals surface area contributed by atoms with Crippen molar-refractivity contribution in [1.82, 2.24) is 19.9 Å². The summed E-state index contributed by atoms with van der Waals surface area (Å²) in [4.78, 5) is 32.9. The molecule has 0 saturated heterocycles. The third-order valence-corrected chi connectivity index (χ3v) is 4.88. The van der Waals surface area contributed by atoms with E-state index in [2.05, 4.69) is 25.9 Å². The van der Waals surface area contributed by atoms with Gasteiger partial charge in [-0.05, 0) is 39.8 Å². The summed E-state index contributed by atoms with van der Waals surface area (Å²) in [6.07, 6.45) is 3.16. The highest BCUT2D eigenvalue weighted by atomic mass is 19.1. The predicted molar refractivity (Wildman–Crippen MR) is 125 cm³/mol. The van der Waals surface area contributed by atoms with Crippen molar-refractivity contribution in [2.45, 2.75) is 52.4 Å². The number of pyridine rings is 2. The molecule has 10 heteroatoms. The average Bonchev–Trinajstić information content (AvgIpc) is 3.13. The molecular formula is C23H29FN6O3. The largest absolute Gasteiger partial charge is 0.387 e. The topological polar surface area (TPSA) is 121 Å². The Labute approximate surface area is 191 Å². The lowest BCUT2D eigenvalue weighted by Crippen LogP contribution is -2.42. The zero-order chi connectivity index (χ0) is 24.3. The van der Waals surface area contributed by atoms with Gasteiger partial charge in [-0.15, -0.1) is 0 Å². The van der Waals surface area contributed by atoms with Gasteiger partial charge in [-0.25, -0.2) is 14.4 Å². The summed E-state index contributed by atoms with van der Waals surface area (Å²) in [5.41, 5.74) is 0.453. The lowest BCUT2D eigenvalue weighted by atomic mass is 10.0. The summed E-state index contributed by atoms with van der Waals surface area (Å²) < 4.78 is 15.8. The molecule has 33 heavy (non-hydrogen) atoms. The maximum absolute atomic E-state index is 14.1. The highest BCUT2D eigenvalue weighted by Crippen LogP contribution is 2.24. The molecule has 3 rings (SSSR count). The van der Waals surface area contributed by atoms with E-state index in [1.54, 1.807) is 23.0 Å². The van der Waals surface area contributed by atoms with Crippen molar-refractivity contribution in [3.63, 3.8) is 0 Å². The van der Waals surface area contributed by atoms with E-state index in [0.29, 0.717) is 22.8 Å². The van der Waals surface area contributed by atoms with E-state index in [9.17, 15) is 19.1 Å². The Morgan fingerprint density at radius 2 is 1.94 bits per heavy atom. The van der Waals surface area contributed by atoms with Crippen LogP contribution in [-0.2, 0) is 4.79 Å². The number of aliphatic hydroxyl groups is 1. The molecule has 4 N–H and O–H groups in total. The van der Waals surface area contributed by atoms with Crippen LogP contribution in [0.3, 0.4) is 0 Å². The number of fused-ring (bicyclic) bond motifs is 1. The van der Waals surface area contributed by atoms with Gasteiger partial charge in [0.05, 0.1) is 35.3 Å². The first-order chi connectivity index (χ1) is 15.5. The number of hydrogen-bond donors (Lipinski definition) is 4. The molecule has 0 aliphatic heterocycles. The van der Waals surface area contributed by atoms with Gasteiger partial charge in [0, 0.05) is 36.8 Å². The number of alkyl halides is 1. The lowest BCUT2D eigenvalue weighted by molar-refractivity contribution is -0.114. The Morgan fingerprint density at radius 1 is 1.21 bits per heavy atom. The van der Waals surface area contributed by atoms with Crippen LogP contribution in [-0.4, -0.2) is 55.8 Å². The molecule has 0 unspecified atom stereocenters. The van der Waals surface area contributed by atoms with E-state index in [1.165, 1.54) is 27.0 Å². The second kappa shape index (κ2) is 9.53.